The molecule has 0 unspecified atom stereocenters. The van der Waals surface area contributed by atoms with Crippen LogP contribution in [-0.4, -0.2) is 5.91 Å². The summed E-state index contributed by atoms with van der Waals surface area (Å²) in [6.07, 6.45) is 0.361. The zero-order valence-electron chi connectivity index (χ0n) is 10.6. The van der Waals surface area contributed by atoms with Crippen LogP contribution in [0.1, 0.15) is 16.0 Å². The Hall–Kier alpha value is -0.840. The van der Waals surface area contributed by atoms with Crippen molar-refractivity contribution in [1.82, 2.24) is 0 Å². The minimum absolute atomic E-state index is 0.0526. The SMILES string of the molecule is Cc1cc(C)c(NC(=O)Cc2ccc(Br)s2)c(Cl)c1. The van der Waals surface area contributed by atoms with Gasteiger partial charge in [-0.15, -0.1) is 11.3 Å². The molecule has 0 saturated heterocycles. The molecule has 19 heavy (non-hydrogen) atoms. The lowest BCUT2D eigenvalue weighted by Crippen LogP contribution is -2.15. The fraction of sp³-hybridized carbons (Fsp3) is 0.214. The molecule has 0 spiro atoms. The van der Waals surface area contributed by atoms with Crippen LogP contribution in [0.2, 0.25) is 5.02 Å². The Kier molecular flexibility index (Phi) is 4.66. The highest BCUT2D eigenvalue weighted by atomic mass is 79.9. The number of hydrogen-bond acceptors (Lipinski definition) is 2. The molecule has 1 amide bonds. The van der Waals surface area contributed by atoms with E-state index in [1.165, 1.54) is 0 Å². The van der Waals surface area contributed by atoms with Gasteiger partial charge in [0.15, 0.2) is 0 Å². The first-order valence-electron chi connectivity index (χ1n) is 5.76. The van der Waals surface area contributed by atoms with Crippen molar-refractivity contribution in [2.45, 2.75) is 20.3 Å². The van der Waals surface area contributed by atoms with Crippen molar-refractivity contribution < 1.29 is 4.79 Å². The van der Waals surface area contributed by atoms with Crippen LogP contribution < -0.4 is 5.32 Å². The van der Waals surface area contributed by atoms with Crippen molar-refractivity contribution >= 4 is 50.5 Å². The van der Waals surface area contributed by atoms with E-state index in [0.717, 1.165) is 19.8 Å². The monoisotopic (exact) mass is 357 g/mol. The standard InChI is InChI=1S/C14H13BrClNOS/c1-8-5-9(2)14(11(16)6-8)17-13(18)7-10-3-4-12(15)19-10/h3-6H,7H2,1-2H3,(H,17,18). The van der Waals surface area contributed by atoms with Gasteiger partial charge in [-0.3, -0.25) is 4.79 Å². The zero-order chi connectivity index (χ0) is 14.0. The van der Waals surface area contributed by atoms with Crippen LogP contribution in [0, 0.1) is 13.8 Å². The van der Waals surface area contributed by atoms with Crippen molar-refractivity contribution in [1.29, 1.82) is 0 Å². The summed E-state index contributed by atoms with van der Waals surface area (Å²) in [6.45, 7) is 3.92. The number of rotatable bonds is 3. The predicted octanol–water partition coefficient (Wildman–Crippen LogP) is 4.96. The topological polar surface area (TPSA) is 29.1 Å². The smallest absolute Gasteiger partial charge is 0.229 e. The molecule has 2 aromatic rings. The maximum absolute atomic E-state index is 12.0. The number of hydrogen-bond donors (Lipinski definition) is 1. The molecule has 0 fully saturated rings. The summed E-state index contributed by atoms with van der Waals surface area (Å²) in [5, 5.41) is 3.47. The molecule has 2 rings (SSSR count). The first-order valence-corrected chi connectivity index (χ1v) is 7.75. The van der Waals surface area contributed by atoms with Gasteiger partial charge in [0.05, 0.1) is 20.9 Å². The van der Waals surface area contributed by atoms with E-state index >= 15 is 0 Å². The Morgan fingerprint density at radius 3 is 2.68 bits per heavy atom. The summed E-state index contributed by atoms with van der Waals surface area (Å²) in [5.74, 6) is -0.0526. The van der Waals surface area contributed by atoms with E-state index in [0.29, 0.717) is 17.1 Å². The Morgan fingerprint density at radius 2 is 2.11 bits per heavy atom. The number of aryl methyl sites for hydroxylation is 2. The molecule has 2 nitrogen and oxygen atoms in total. The minimum atomic E-state index is -0.0526. The van der Waals surface area contributed by atoms with Gasteiger partial charge >= 0.3 is 0 Å². The average molecular weight is 359 g/mol. The summed E-state index contributed by atoms with van der Waals surface area (Å²) in [5.41, 5.74) is 2.77. The molecule has 0 atom stereocenters. The van der Waals surface area contributed by atoms with E-state index in [1.54, 1.807) is 11.3 Å². The number of carbonyl (C=O) groups is 1. The lowest BCUT2D eigenvalue weighted by atomic mass is 10.1. The highest BCUT2D eigenvalue weighted by Crippen LogP contribution is 2.28. The molecule has 100 valence electrons. The molecule has 1 aromatic heterocycles. The fourth-order valence-corrected chi connectivity index (χ4v) is 3.71. The second-order valence-corrected chi connectivity index (χ2v) is 7.32. The lowest BCUT2D eigenvalue weighted by molar-refractivity contribution is -0.115. The van der Waals surface area contributed by atoms with Crippen molar-refractivity contribution in [3.63, 3.8) is 0 Å². The van der Waals surface area contributed by atoms with Gasteiger partial charge in [0, 0.05) is 4.88 Å². The quantitative estimate of drug-likeness (QED) is 0.825. The summed E-state index contributed by atoms with van der Waals surface area (Å²) < 4.78 is 1.03. The Labute approximate surface area is 129 Å². The second-order valence-electron chi connectivity index (χ2n) is 4.37. The van der Waals surface area contributed by atoms with Crippen LogP contribution in [0.4, 0.5) is 5.69 Å². The summed E-state index contributed by atoms with van der Waals surface area (Å²) >= 11 is 11.1. The molecule has 0 aliphatic carbocycles. The molecular formula is C14H13BrClNOS. The third kappa shape index (κ3) is 3.81. The third-order valence-electron chi connectivity index (χ3n) is 2.66. The van der Waals surface area contributed by atoms with Gasteiger partial charge in [-0.2, -0.15) is 0 Å². The van der Waals surface area contributed by atoms with Crippen LogP contribution in [0.25, 0.3) is 0 Å². The molecular weight excluding hydrogens is 346 g/mol. The van der Waals surface area contributed by atoms with Gasteiger partial charge in [0.2, 0.25) is 5.91 Å². The van der Waals surface area contributed by atoms with E-state index in [1.807, 2.05) is 38.1 Å². The Morgan fingerprint density at radius 1 is 1.37 bits per heavy atom. The zero-order valence-corrected chi connectivity index (χ0v) is 13.7. The van der Waals surface area contributed by atoms with Gasteiger partial charge in [-0.25, -0.2) is 0 Å². The predicted molar refractivity (Wildman–Crippen MR) is 85.3 cm³/mol. The third-order valence-corrected chi connectivity index (χ3v) is 4.58. The molecule has 0 bridgehead atoms. The van der Waals surface area contributed by atoms with Crippen LogP contribution in [0.3, 0.4) is 0 Å². The van der Waals surface area contributed by atoms with E-state index < -0.39 is 0 Å². The molecule has 1 heterocycles. The lowest BCUT2D eigenvalue weighted by Gasteiger charge is -2.11. The van der Waals surface area contributed by atoms with Gasteiger partial charge in [-0.05, 0) is 59.1 Å². The molecule has 0 aliphatic heterocycles. The second kappa shape index (κ2) is 6.07. The Balaban J connectivity index is 2.11. The van der Waals surface area contributed by atoms with Crippen LogP contribution >= 0.6 is 38.9 Å². The summed E-state index contributed by atoms with van der Waals surface area (Å²) in [4.78, 5) is 13.0. The highest BCUT2D eigenvalue weighted by molar-refractivity contribution is 9.11. The fourth-order valence-electron chi connectivity index (χ4n) is 1.86. The van der Waals surface area contributed by atoms with E-state index in [2.05, 4.69) is 21.2 Å². The number of halogens is 2. The van der Waals surface area contributed by atoms with E-state index in [9.17, 15) is 4.79 Å². The van der Waals surface area contributed by atoms with Crippen molar-refractivity contribution in [2.75, 3.05) is 5.32 Å². The molecule has 0 saturated carbocycles. The van der Waals surface area contributed by atoms with Crippen LogP contribution in [0.15, 0.2) is 28.1 Å². The number of anilines is 1. The van der Waals surface area contributed by atoms with Crippen LogP contribution in [-0.2, 0) is 11.2 Å². The average Bonchev–Trinajstić information content (AvgIpc) is 2.69. The molecule has 0 aliphatic rings. The highest BCUT2D eigenvalue weighted by Gasteiger charge is 2.11. The molecule has 1 aromatic carbocycles. The number of nitrogens with one attached hydrogen (secondary N) is 1. The largest absolute Gasteiger partial charge is 0.324 e. The Bertz CT molecular complexity index is 601. The number of amides is 1. The van der Waals surface area contributed by atoms with E-state index in [4.69, 9.17) is 11.6 Å². The normalized spacial score (nSPS) is 10.5. The van der Waals surface area contributed by atoms with Gasteiger partial charge in [0.1, 0.15) is 0 Å². The van der Waals surface area contributed by atoms with Gasteiger partial charge in [-0.1, -0.05) is 17.7 Å². The van der Waals surface area contributed by atoms with Crippen molar-refractivity contribution in [2.24, 2.45) is 0 Å². The van der Waals surface area contributed by atoms with Gasteiger partial charge < -0.3 is 5.32 Å². The van der Waals surface area contributed by atoms with Gasteiger partial charge in [0.25, 0.3) is 0 Å². The molecule has 0 radical (unpaired) electrons. The summed E-state index contributed by atoms with van der Waals surface area (Å²) in [7, 11) is 0. The number of carbonyl (C=O) groups excluding carboxylic acids is 1. The van der Waals surface area contributed by atoms with Crippen molar-refractivity contribution in [3.05, 3.63) is 49.1 Å². The van der Waals surface area contributed by atoms with Crippen LogP contribution in [0.5, 0.6) is 0 Å². The maximum atomic E-state index is 12.0. The minimum Gasteiger partial charge on any atom is -0.324 e. The molecule has 1 N–H and O–H groups in total. The summed E-state index contributed by atoms with van der Waals surface area (Å²) in [6, 6.07) is 7.74. The number of thiophene rings is 1. The first-order chi connectivity index (χ1) is 8.95. The molecule has 5 heteroatoms. The maximum Gasteiger partial charge on any atom is 0.229 e. The number of benzene rings is 1. The van der Waals surface area contributed by atoms with E-state index in [-0.39, 0.29) is 5.91 Å². The van der Waals surface area contributed by atoms with Crippen molar-refractivity contribution in [3.8, 4) is 0 Å². The first kappa shape index (κ1) is 14.6.